The molecular formula is C53H43NO2. The molecule has 2 aliphatic rings. The number of nitrogens with zero attached hydrogens (tertiary/aromatic N) is 1. The van der Waals surface area contributed by atoms with E-state index in [9.17, 15) is 9.59 Å². The highest BCUT2D eigenvalue weighted by atomic mass is 16.2. The quantitative estimate of drug-likeness (QED) is 0.132. The van der Waals surface area contributed by atoms with Crippen LogP contribution in [0, 0.1) is 0 Å². The molecule has 0 fully saturated rings. The summed E-state index contributed by atoms with van der Waals surface area (Å²) in [6, 6.07) is 51.7. The highest BCUT2D eigenvalue weighted by molar-refractivity contribution is 6.31. The first-order chi connectivity index (χ1) is 27.6. The van der Waals surface area contributed by atoms with Crippen molar-refractivity contribution in [3.8, 4) is 55.6 Å². The minimum absolute atomic E-state index is 0.0886. The van der Waals surface area contributed by atoms with Gasteiger partial charge in [0.2, 0.25) is 0 Å². The zero-order valence-corrected chi connectivity index (χ0v) is 31.9. The van der Waals surface area contributed by atoms with Gasteiger partial charge in [0.05, 0.1) is 0 Å². The van der Waals surface area contributed by atoms with E-state index < -0.39 is 0 Å². The van der Waals surface area contributed by atoms with Gasteiger partial charge in [-0.15, -0.1) is 0 Å². The highest BCUT2D eigenvalue weighted by Crippen LogP contribution is 2.58. The fourth-order valence-electron chi connectivity index (χ4n) is 9.81. The van der Waals surface area contributed by atoms with Crippen LogP contribution in [0.3, 0.4) is 0 Å². The molecular weight excluding hydrogens is 683 g/mol. The maximum absolute atomic E-state index is 14.4. The summed E-state index contributed by atoms with van der Waals surface area (Å²) in [5, 5.41) is 6.58. The number of unbranched alkanes of at least 4 members (excludes halogenated alkanes) is 2. The average molecular weight is 726 g/mol. The molecule has 0 saturated heterocycles. The SMILES string of the molecule is CCCCC(CCCC)N1C(=O)c2cccc3c(-c4ccc5c6c(cccc46)-c4c-5c(-c5ccccc5)c5ccccc5c4-c4ccccc4)ccc(c23)C1=O. The lowest BCUT2D eigenvalue weighted by atomic mass is 9.82. The van der Waals surface area contributed by atoms with Gasteiger partial charge in [0, 0.05) is 22.6 Å². The molecule has 0 N–H and O–H groups in total. The lowest BCUT2D eigenvalue weighted by Crippen LogP contribution is -2.47. The van der Waals surface area contributed by atoms with Crippen molar-refractivity contribution in [1.82, 2.24) is 4.90 Å². The topological polar surface area (TPSA) is 37.4 Å². The van der Waals surface area contributed by atoms with Gasteiger partial charge in [-0.2, -0.15) is 0 Å². The third-order valence-corrected chi connectivity index (χ3v) is 12.3. The first-order valence-electron chi connectivity index (χ1n) is 20.3. The summed E-state index contributed by atoms with van der Waals surface area (Å²) in [4.78, 5) is 30.3. The van der Waals surface area contributed by atoms with E-state index >= 15 is 0 Å². The fourth-order valence-corrected chi connectivity index (χ4v) is 9.81. The average Bonchev–Trinajstić information content (AvgIpc) is 3.58. The number of amides is 2. The van der Waals surface area contributed by atoms with Crippen molar-refractivity contribution in [2.45, 2.75) is 58.4 Å². The molecule has 3 nitrogen and oxygen atoms in total. The minimum Gasteiger partial charge on any atom is -0.271 e. The largest absolute Gasteiger partial charge is 0.271 e. The van der Waals surface area contributed by atoms with E-state index in [0.29, 0.717) is 11.1 Å². The van der Waals surface area contributed by atoms with Crippen LogP contribution in [0.15, 0.2) is 146 Å². The molecule has 8 aromatic rings. The number of carbonyl (C=O) groups is 2. The molecule has 1 aliphatic heterocycles. The van der Waals surface area contributed by atoms with Gasteiger partial charge >= 0.3 is 0 Å². The second kappa shape index (κ2) is 13.8. The van der Waals surface area contributed by atoms with Gasteiger partial charge in [-0.25, -0.2) is 0 Å². The summed E-state index contributed by atoms with van der Waals surface area (Å²) >= 11 is 0. The molecule has 272 valence electrons. The van der Waals surface area contributed by atoms with Crippen LogP contribution >= 0.6 is 0 Å². The van der Waals surface area contributed by atoms with Crippen molar-refractivity contribution in [3.05, 3.63) is 157 Å². The third-order valence-electron chi connectivity index (χ3n) is 12.3. The number of imide groups is 1. The molecule has 0 atom stereocenters. The number of carbonyl (C=O) groups excluding carboxylic acids is 2. The van der Waals surface area contributed by atoms with Gasteiger partial charge in [-0.05, 0) is 108 Å². The summed E-state index contributed by atoms with van der Waals surface area (Å²) in [6.45, 7) is 4.33. The molecule has 0 aromatic heterocycles. The van der Waals surface area contributed by atoms with Gasteiger partial charge < -0.3 is 0 Å². The van der Waals surface area contributed by atoms with Gasteiger partial charge in [-0.1, -0.05) is 173 Å². The number of hydrogen-bond donors (Lipinski definition) is 0. The number of fused-ring (bicyclic) bond motifs is 4. The van der Waals surface area contributed by atoms with E-state index in [1.165, 1.54) is 60.7 Å². The summed E-state index contributed by atoms with van der Waals surface area (Å²) in [5.74, 6) is -0.320. The molecule has 0 spiro atoms. The van der Waals surface area contributed by atoms with E-state index in [0.717, 1.165) is 65.8 Å². The Labute approximate surface area is 328 Å². The Bertz CT molecular complexity index is 2750. The standard InChI is InChI=1S/C53H43NO2/c1-3-5-21-35(22-6-4-2)54-52(55)44-28-16-26-39-37(30-32-45(49(39)44)53(54)56)36-29-31-43-48-38(36)25-15-27-42(48)50-46(33-17-9-7-10-18-33)40-23-13-14-24-41(40)47(51(43)50)34-19-11-8-12-20-34/h7-20,23-32,35H,3-6,21-22H2,1-2H3. The molecule has 2 amide bonds. The Hall–Kier alpha value is -6.32. The van der Waals surface area contributed by atoms with E-state index in [1.54, 1.807) is 4.90 Å². The zero-order valence-electron chi connectivity index (χ0n) is 31.9. The van der Waals surface area contributed by atoms with Crippen LogP contribution < -0.4 is 0 Å². The van der Waals surface area contributed by atoms with Crippen LogP contribution in [-0.4, -0.2) is 22.8 Å². The van der Waals surface area contributed by atoms with Crippen molar-refractivity contribution in [2.75, 3.05) is 0 Å². The van der Waals surface area contributed by atoms with E-state index in [2.05, 4.69) is 141 Å². The van der Waals surface area contributed by atoms with Crippen molar-refractivity contribution in [1.29, 1.82) is 0 Å². The van der Waals surface area contributed by atoms with Crippen LogP contribution in [0.4, 0.5) is 0 Å². The monoisotopic (exact) mass is 725 g/mol. The minimum atomic E-state index is -0.160. The summed E-state index contributed by atoms with van der Waals surface area (Å²) in [6.07, 6.45) is 5.73. The van der Waals surface area contributed by atoms with Gasteiger partial charge in [-0.3, -0.25) is 14.5 Å². The molecule has 0 unspecified atom stereocenters. The predicted octanol–water partition coefficient (Wildman–Crippen LogP) is 14.1. The van der Waals surface area contributed by atoms with Crippen LogP contribution in [0.25, 0.3) is 88.0 Å². The Morgan fingerprint density at radius 1 is 0.393 bits per heavy atom. The Morgan fingerprint density at radius 2 is 0.786 bits per heavy atom. The van der Waals surface area contributed by atoms with E-state index in [1.807, 2.05) is 18.2 Å². The van der Waals surface area contributed by atoms with Crippen LogP contribution in [-0.2, 0) is 0 Å². The maximum Gasteiger partial charge on any atom is 0.261 e. The molecule has 1 aliphatic carbocycles. The molecule has 0 radical (unpaired) electrons. The molecule has 0 saturated carbocycles. The number of benzene rings is 8. The summed E-state index contributed by atoms with van der Waals surface area (Å²) < 4.78 is 0. The van der Waals surface area contributed by atoms with Gasteiger partial charge in [0.1, 0.15) is 0 Å². The van der Waals surface area contributed by atoms with Crippen LogP contribution in [0.1, 0.15) is 73.1 Å². The Balaban J connectivity index is 1.21. The second-order valence-corrected chi connectivity index (χ2v) is 15.5. The normalized spacial score (nSPS) is 13.1. The zero-order chi connectivity index (χ0) is 37.9. The molecule has 0 bridgehead atoms. The van der Waals surface area contributed by atoms with Gasteiger partial charge in [0.15, 0.2) is 0 Å². The van der Waals surface area contributed by atoms with Crippen molar-refractivity contribution >= 4 is 44.1 Å². The molecule has 56 heavy (non-hydrogen) atoms. The Morgan fingerprint density at radius 3 is 1.30 bits per heavy atom. The molecule has 1 heterocycles. The van der Waals surface area contributed by atoms with E-state index in [4.69, 9.17) is 0 Å². The number of hydrogen-bond acceptors (Lipinski definition) is 2. The first kappa shape index (κ1) is 34.2. The molecule has 10 rings (SSSR count). The lowest BCUT2D eigenvalue weighted by Gasteiger charge is -2.34. The smallest absolute Gasteiger partial charge is 0.261 e. The summed E-state index contributed by atoms with van der Waals surface area (Å²) in [5.41, 5.74) is 13.3. The van der Waals surface area contributed by atoms with Crippen LogP contribution in [0.2, 0.25) is 0 Å². The Kier molecular flexibility index (Phi) is 8.40. The van der Waals surface area contributed by atoms with Crippen molar-refractivity contribution < 1.29 is 9.59 Å². The third kappa shape index (κ3) is 5.10. The summed E-state index contributed by atoms with van der Waals surface area (Å²) in [7, 11) is 0. The maximum atomic E-state index is 14.4. The second-order valence-electron chi connectivity index (χ2n) is 15.5. The van der Waals surface area contributed by atoms with Crippen molar-refractivity contribution in [2.24, 2.45) is 0 Å². The molecule has 8 aromatic carbocycles. The van der Waals surface area contributed by atoms with Crippen molar-refractivity contribution in [3.63, 3.8) is 0 Å². The first-order valence-corrected chi connectivity index (χ1v) is 20.3. The van der Waals surface area contributed by atoms with Gasteiger partial charge in [0.25, 0.3) is 11.8 Å². The highest BCUT2D eigenvalue weighted by Gasteiger charge is 2.38. The predicted molar refractivity (Wildman–Crippen MR) is 233 cm³/mol. The van der Waals surface area contributed by atoms with Crippen LogP contribution in [0.5, 0.6) is 0 Å². The fraction of sp³-hybridized carbons (Fsp3) is 0.170. The number of rotatable bonds is 10. The lowest BCUT2D eigenvalue weighted by molar-refractivity contribution is 0.0518. The van der Waals surface area contributed by atoms with E-state index in [-0.39, 0.29) is 17.9 Å². The molecule has 3 heteroatoms.